The molecule has 128 valence electrons. The Morgan fingerprint density at radius 1 is 1.46 bits per heavy atom. The monoisotopic (exact) mass is 370 g/mol. The predicted octanol–water partition coefficient (Wildman–Crippen LogP) is 4.79. The maximum Gasteiger partial charge on any atom is 0.243 e. The number of anilines is 1. The highest BCUT2D eigenvalue weighted by atomic mass is 35.5. The molecule has 0 aliphatic carbocycles. The number of thiophene rings is 1. The summed E-state index contributed by atoms with van der Waals surface area (Å²) in [7, 11) is 0. The molecule has 1 N–H and O–H groups in total. The number of hydrogen-bond acceptors (Lipinski definition) is 4. The van der Waals surface area contributed by atoms with Gasteiger partial charge in [-0.05, 0) is 49.7 Å². The van der Waals surface area contributed by atoms with Gasteiger partial charge in [-0.2, -0.15) is 4.98 Å². The molecule has 0 bridgehead atoms. The van der Waals surface area contributed by atoms with Crippen LogP contribution in [0, 0.1) is 12.7 Å². The van der Waals surface area contributed by atoms with Crippen molar-refractivity contribution >= 4 is 34.3 Å². The van der Waals surface area contributed by atoms with Gasteiger partial charge in [-0.3, -0.25) is 0 Å². The Morgan fingerprint density at radius 2 is 2.25 bits per heavy atom. The first-order valence-electron chi connectivity index (χ1n) is 7.61. The molecular formula is C16H17ClF2N4S. The van der Waals surface area contributed by atoms with Crippen LogP contribution >= 0.6 is 22.9 Å². The van der Waals surface area contributed by atoms with Crippen molar-refractivity contribution in [3.05, 3.63) is 44.7 Å². The number of nitrogens with zero attached hydrogens (tertiary/aromatic N) is 3. The number of aromatic nitrogens is 3. The van der Waals surface area contributed by atoms with Gasteiger partial charge in [0.25, 0.3) is 0 Å². The number of alkyl halides is 1. The van der Waals surface area contributed by atoms with E-state index < -0.39 is 12.0 Å². The van der Waals surface area contributed by atoms with Gasteiger partial charge in [0.2, 0.25) is 5.28 Å². The van der Waals surface area contributed by atoms with Crippen LogP contribution in [-0.4, -0.2) is 20.8 Å². The minimum Gasteiger partial charge on any atom is -0.363 e. The summed E-state index contributed by atoms with van der Waals surface area (Å²) in [5.74, 6) is -0.0814. The summed E-state index contributed by atoms with van der Waals surface area (Å²) < 4.78 is 29.5. The summed E-state index contributed by atoms with van der Waals surface area (Å²) >= 11 is 7.58. The number of nitrogens with one attached hydrogen (secondary N) is 1. The lowest BCUT2D eigenvalue weighted by Gasteiger charge is -2.07. The number of halogens is 3. The molecule has 1 atom stereocenters. The Labute approximate surface area is 147 Å². The van der Waals surface area contributed by atoms with Crippen LogP contribution in [0.1, 0.15) is 29.5 Å². The van der Waals surface area contributed by atoms with E-state index in [-0.39, 0.29) is 17.2 Å². The van der Waals surface area contributed by atoms with Gasteiger partial charge >= 0.3 is 0 Å². The highest BCUT2D eigenvalue weighted by Gasteiger charge is 2.21. The molecule has 0 aliphatic rings. The van der Waals surface area contributed by atoms with Crippen molar-refractivity contribution in [2.75, 3.05) is 5.32 Å². The second kappa shape index (κ2) is 7.03. The van der Waals surface area contributed by atoms with Gasteiger partial charge in [-0.1, -0.05) is 6.07 Å². The zero-order chi connectivity index (χ0) is 17.3. The average Bonchev–Trinajstić information content (AvgIpc) is 3.12. The Kier molecular flexibility index (Phi) is 5.01. The summed E-state index contributed by atoms with van der Waals surface area (Å²) in [6.07, 6.45) is -0.424. The van der Waals surface area contributed by atoms with Crippen molar-refractivity contribution < 1.29 is 8.78 Å². The molecule has 0 spiro atoms. The molecule has 0 aliphatic heterocycles. The van der Waals surface area contributed by atoms with Gasteiger partial charge in [0.15, 0.2) is 11.6 Å². The summed E-state index contributed by atoms with van der Waals surface area (Å²) in [5.41, 5.74) is 1.32. The Bertz CT molecular complexity index is 846. The van der Waals surface area contributed by atoms with Crippen LogP contribution in [0.2, 0.25) is 5.28 Å². The lowest BCUT2D eigenvalue weighted by atomic mass is 10.1. The van der Waals surface area contributed by atoms with Crippen molar-refractivity contribution in [2.24, 2.45) is 0 Å². The van der Waals surface area contributed by atoms with Crippen molar-refractivity contribution in [3.8, 4) is 0 Å². The van der Waals surface area contributed by atoms with Crippen molar-refractivity contribution in [1.29, 1.82) is 0 Å². The van der Waals surface area contributed by atoms with E-state index >= 15 is 0 Å². The van der Waals surface area contributed by atoms with E-state index in [1.807, 2.05) is 17.5 Å². The van der Waals surface area contributed by atoms with Crippen LogP contribution in [0.5, 0.6) is 0 Å². The van der Waals surface area contributed by atoms with E-state index in [2.05, 4.69) is 15.4 Å². The molecule has 0 fully saturated rings. The molecular weight excluding hydrogens is 354 g/mol. The summed E-state index contributed by atoms with van der Waals surface area (Å²) in [4.78, 5) is 5.22. The van der Waals surface area contributed by atoms with E-state index in [1.165, 1.54) is 11.4 Å². The first-order chi connectivity index (χ1) is 11.5. The third-order valence-corrected chi connectivity index (χ3v) is 4.89. The van der Waals surface area contributed by atoms with E-state index in [0.717, 1.165) is 4.88 Å². The second-order valence-electron chi connectivity index (χ2n) is 5.62. The van der Waals surface area contributed by atoms with Gasteiger partial charge < -0.3 is 5.32 Å². The summed E-state index contributed by atoms with van der Waals surface area (Å²) in [6.45, 7) is 3.73. The van der Waals surface area contributed by atoms with Crippen LogP contribution in [0.15, 0.2) is 17.5 Å². The molecule has 8 heteroatoms. The fraction of sp³-hybridized carbons (Fsp3) is 0.375. The van der Waals surface area contributed by atoms with E-state index in [0.29, 0.717) is 30.0 Å². The number of aryl methyl sites for hydroxylation is 1. The summed E-state index contributed by atoms with van der Waals surface area (Å²) in [5, 5.41) is 9.20. The fourth-order valence-electron chi connectivity index (χ4n) is 2.61. The van der Waals surface area contributed by atoms with Gasteiger partial charge in [-0.15, -0.1) is 16.4 Å². The average molecular weight is 371 g/mol. The zero-order valence-corrected chi connectivity index (χ0v) is 14.9. The third kappa shape index (κ3) is 3.37. The Balaban J connectivity index is 2.00. The summed E-state index contributed by atoms with van der Waals surface area (Å²) in [6, 6.07) is 3.92. The first kappa shape index (κ1) is 17.1. The molecule has 4 nitrogen and oxygen atoms in total. The number of fused-ring (bicyclic) bond motifs is 1. The van der Waals surface area contributed by atoms with Crippen molar-refractivity contribution in [2.45, 2.75) is 39.4 Å². The quantitative estimate of drug-likeness (QED) is 0.678. The van der Waals surface area contributed by atoms with E-state index in [1.54, 1.807) is 18.3 Å². The molecule has 0 aromatic carbocycles. The van der Waals surface area contributed by atoms with Crippen LogP contribution in [0.4, 0.5) is 14.6 Å². The molecule has 3 rings (SSSR count). The highest BCUT2D eigenvalue weighted by molar-refractivity contribution is 7.09. The predicted molar refractivity (Wildman–Crippen MR) is 93.2 cm³/mol. The Hall–Kier alpha value is -1.73. The maximum absolute atomic E-state index is 14.9. The normalized spacial score (nSPS) is 12.7. The maximum atomic E-state index is 14.9. The van der Waals surface area contributed by atoms with Crippen LogP contribution in [0.25, 0.3) is 5.52 Å². The van der Waals surface area contributed by atoms with E-state index in [9.17, 15) is 8.78 Å². The van der Waals surface area contributed by atoms with Gasteiger partial charge in [-0.25, -0.2) is 13.3 Å². The highest BCUT2D eigenvalue weighted by Crippen LogP contribution is 2.28. The number of hydrogen-bond donors (Lipinski definition) is 1. The molecule has 0 saturated heterocycles. The fourth-order valence-corrected chi connectivity index (χ4v) is 3.42. The first-order valence-corrected chi connectivity index (χ1v) is 8.86. The van der Waals surface area contributed by atoms with Crippen LogP contribution < -0.4 is 5.32 Å². The third-order valence-electron chi connectivity index (χ3n) is 3.85. The molecule has 3 heterocycles. The molecule has 0 amide bonds. The molecule has 3 aromatic rings. The van der Waals surface area contributed by atoms with Crippen LogP contribution in [-0.2, 0) is 13.0 Å². The standard InChI is InChI=1S/C16H17ClF2N4S/c1-9(18)5-6-12-10(2)23-14(13(12)19)15(21-16(17)22-23)20-8-11-4-3-7-24-11/h3-4,7,9H,5-6,8H2,1-2H3,(H,20,21,22). The van der Waals surface area contributed by atoms with Crippen molar-refractivity contribution in [3.63, 3.8) is 0 Å². The lowest BCUT2D eigenvalue weighted by molar-refractivity contribution is 0.340. The van der Waals surface area contributed by atoms with Gasteiger partial charge in [0.05, 0.1) is 12.7 Å². The minimum absolute atomic E-state index is 0.0275. The van der Waals surface area contributed by atoms with Gasteiger partial charge in [0.1, 0.15) is 5.52 Å². The Morgan fingerprint density at radius 3 is 2.92 bits per heavy atom. The topological polar surface area (TPSA) is 42.2 Å². The second-order valence-corrected chi connectivity index (χ2v) is 6.99. The van der Waals surface area contributed by atoms with Crippen molar-refractivity contribution in [1.82, 2.24) is 14.6 Å². The van der Waals surface area contributed by atoms with Crippen LogP contribution in [0.3, 0.4) is 0 Å². The molecule has 0 radical (unpaired) electrons. The smallest absolute Gasteiger partial charge is 0.243 e. The van der Waals surface area contributed by atoms with E-state index in [4.69, 9.17) is 11.6 Å². The molecule has 3 aromatic heterocycles. The zero-order valence-electron chi connectivity index (χ0n) is 13.3. The van der Waals surface area contributed by atoms with Gasteiger partial charge in [0, 0.05) is 16.1 Å². The molecule has 24 heavy (non-hydrogen) atoms. The lowest BCUT2D eigenvalue weighted by Crippen LogP contribution is -2.06. The number of rotatable bonds is 6. The molecule has 1 unspecified atom stereocenters. The SMILES string of the molecule is Cc1c(CCC(C)F)c(F)c2c(NCc3cccs3)nc(Cl)nn12. The minimum atomic E-state index is -0.988. The molecule has 0 saturated carbocycles. The largest absolute Gasteiger partial charge is 0.363 e.